The predicted octanol–water partition coefficient (Wildman–Crippen LogP) is 5.38. The smallest absolute Gasteiger partial charge is 0.410 e. The van der Waals surface area contributed by atoms with Crippen LogP contribution in [0.4, 0.5) is 15.7 Å². The van der Waals surface area contributed by atoms with E-state index >= 15 is 0 Å². The van der Waals surface area contributed by atoms with Gasteiger partial charge < -0.3 is 69.1 Å². The lowest BCUT2D eigenvalue weighted by Crippen LogP contribution is -2.61. The number of aliphatic hydroxyl groups is 3. The van der Waals surface area contributed by atoms with Crippen LogP contribution >= 0.6 is 11.3 Å². The minimum Gasteiger partial charge on any atom is -0.491 e. The first kappa shape index (κ1) is 73.2. The lowest BCUT2D eigenvalue weighted by atomic mass is 9.51. The van der Waals surface area contributed by atoms with Crippen molar-refractivity contribution in [2.75, 3.05) is 75.1 Å². The van der Waals surface area contributed by atoms with E-state index in [1.54, 1.807) is 24.4 Å². The number of benzene rings is 3. The van der Waals surface area contributed by atoms with Crippen LogP contribution in [0.25, 0.3) is 21.3 Å². The van der Waals surface area contributed by atoms with Crippen molar-refractivity contribution in [3.63, 3.8) is 0 Å². The third kappa shape index (κ3) is 17.5. The maximum atomic E-state index is 14.2. The van der Waals surface area contributed by atoms with Gasteiger partial charge in [-0.1, -0.05) is 56.4 Å². The van der Waals surface area contributed by atoms with E-state index in [0.29, 0.717) is 73.0 Å². The first-order valence-corrected chi connectivity index (χ1v) is 35.5. The van der Waals surface area contributed by atoms with E-state index in [9.17, 15) is 72.1 Å². The third-order valence-corrected chi connectivity index (χ3v) is 20.5. The monoisotopic (exact) mass is 1440 g/mol. The van der Waals surface area contributed by atoms with Crippen molar-refractivity contribution in [3.8, 4) is 22.6 Å². The number of anilines is 2. The van der Waals surface area contributed by atoms with Crippen LogP contribution in [0.5, 0.6) is 11.5 Å². The number of para-hydroxylation sites is 1. The zero-order valence-corrected chi connectivity index (χ0v) is 57.7. The second kappa shape index (κ2) is 30.7. The molecule has 4 unspecified atom stereocenters. The number of thiazole rings is 1. The Morgan fingerprint density at radius 3 is 2.40 bits per heavy atom. The Balaban J connectivity index is 0.739. The molecule has 6 heterocycles. The van der Waals surface area contributed by atoms with Crippen LogP contribution in [0.2, 0.25) is 0 Å². The van der Waals surface area contributed by atoms with Gasteiger partial charge >= 0.3 is 18.0 Å². The second-order valence-corrected chi connectivity index (χ2v) is 29.7. The standard InChI is InChI=1S/C69H81N9O21S2/c1-40-31-67(3)36-68(4,39-78-41(2)47(33-71-78)45-14-15-52(73-56(45)62(86)87)76-21-18-42-8-7-9-46(48(42)34-76)61(85)74-65-72-49-10-5-6-11-51(49)100-65)38-69(32-40,37-67)97-26-23-75(24-29-101(91,92)93)66(90)96-35-43-12-13-44(98-64-59(84)57(82)58(83)60(99-64)63(88)89)30-50(43)95-28-27-94-25-20-70-53(79)19-22-77-54(80)16-17-55(77)81/h5-17,30,33,40,57-60,64,82-84H,18-29,31-32,34-39H2,1-4H3,(H,70,79)(H,86,87)(H,88,89)(H,72,74,85)(H,91,92,93)/t40?,57-,58-,59+,60-,64+,67?,68?,69?/m0/s1. The predicted molar refractivity (Wildman–Crippen MR) is 362 cm³/mol. The minimum atomic E-state index is -4.60. The van der Waals surface area contributed by atoms with Crippen molar-refractivity contribution in [1.82, 2.24) is 34.9 Å². The molecule has 9 atom stereocenters. The number of nitrogens with zero attached hydrogens (tertiary/aromatic N) is 7. The summed E-state index contributed by atoms with van der Waals surface area (Å²) >= 11 is 1.39. The summed E-state index contributed by atoms with van der Waals surface area (Å²) in [6.45, 7) is 8.29. The molecule has 11 rings (SSSR count). The molecule has 2 bridgehead atoms. The number of aromatic carboxylic acids is 1. The molecule has 3 fully saturated rings. The number of nitrogens with one attached hydrogen (secondary N) is 2. The van der Waals surface area contributed by atoms with Crippen molar-refractivity contribution in [1.29, 1.82) is 0 Å². The fraction of sp³-hybridized carbons (Fsp3) is 0.478. The van der Waals surface area contributed by atoms with Gasteiger partial charge in [-0.05, 0) is 116 Å². The summed E-state index contributed by atoms with van der Waals surface area (Å²) in [5.41, 5.74) is 3.51. The van der Waals surface area contributed by atoms with E-state index in [0.717, 1.165) is 61.8 Å². The van der Waals surface area contributed by atoms with Gasteiger partial charge in [-0.3, -0.25) is 38.6 Å². The summed E-state index contributed by atoms with van der Waals surface area (Å²) in [5.74, 6) is -4.86. The Morgan fingerprint density at radius 1 is 0.861 bits per heavy atom. The van der Waals surface area contributed by atoms with Gasteiger partial charge in [0.05, 0.1) is 47.6 Å². The minimum absolute atomic E-state index is 0.00901. The molecule has 8 N–H and O–H groups in total. The summed E-state index contributed by atoms with van der Waals surface area (Å²) in [6.07, 6.45) is -2.66. The van der Waals surface area contributed by atoms with E-state index in [1.165, 1.54) is 29.5 Å². The fourth-order valence-corrected chi connectivity index (χ4v) is 16.3. The average molecular weight is 1440 g/mol. The highest BCUT2D eigenvalue weighted by Crippen LogP contribution is 2.60. The van der Waals surface area contributed by atoms with Gasteiger partial charge in [0.25, 0.3) is 27.8 Å². The first-order chi connectivity index (χ1) is 48.0. The Bertz CT molecular complexity index is 4230. The van der Waals surface area contributed by atoms with Gasteiger partial charge in [0.1, 0.15) is 48.8 Å². The molecule has 5 amide bonds. The molecular weight excluding hydrogens is 1350 g/mol. The fourth-order valence-electron chi connectivity index (χ4n) is 15.0. The average Bonchev–Trinajstić information content (AvgIpc) is 1.25. The third-order valence-electron chi connectivity index (χ3n) is 18.9. The van der Waals surface area contributed by atoms with Crippen molar-refractivity contribution >= 4 is 84.3 Å². The number of pyridine rings is 1. The molecule has 0 spiro atoms. The second-order valence-electron chi connectivity index (χ2n) is 27.1. The summed E-state index contributed by atoms with van der Waals surface area (Å²) in [7, 11) is -4.60. The van der Waals surface area contributed by atoms with Crippen molar-refractivity contribution in [3.05, 3.63) is 125 Å². The summed E-state index contributed by atoms with van der Waals surface area (Å²) in [6, 6.07) is 20.9. The Morgan fingerprint density at radius 2 is 1.64 bits per heavy atom. The van der Waals surface area contributed by atoms with Crippen molar-refractivity contribution < 1.29 is 100 Å². The number of ether oxygens (including phenoxy) is 6. The molecule has 1 saturated heterocycles. The summed E-state index contributed by atoms with van der Waals surface area (Å²) in [5, 5.41) is 62.7. The topological polar surface area (TPSA) is 408 Å². The van der Waals surface area contributed by atoms with Crippen LogP contribution in [-0.2, 0) is 74.4 Å². The number of carboxylic acid groups (broad SMARTS) is 2. The lowest BCUT2D eigenvalue weighted by molar-refractivity contribution is -0.271. The van der Waals surface area contributed by atoms with Crippen LogP contribution in [0.15, 0.2) is 91.1 Å². The molecule has 540 valence electrons. The number of aromatic nitrogens is 4. The van der Waals surface area contributed by atoms with Gasteiger partial charge in [-0.25, -0.2) is 24.4 Å². The van der Waals surface area contributed by atoms with Gasteiger partial charge in [-0.2, -0.15) is 13.5 Å². The number of rotatable bonds is 29. The summed E-state index contributed by atoms with van der Waals surface area (Å²) < 4.78 is 72.6. The van der Waals surface area contributed by atoms with E-state index < -0.39 is 106 Å². The SMILES string of the molecule is Cc1c(-c2ccc(N3CCc4cccc(C(=O)Nc5nc6ccccc6s5)c4C3)nc2C(=O)O)cnn1CC1(C)CC2(C)CC(C)CC(OCCN(CCS(=O)(=O)O)C(=O)OCc3ccc(O[C@@H]4O[C@H](C(=O)O)[C@@H](O)[C@H](O)[C@H]4O)cc3OCCOCCNC(=O)CCN3C(=O)C=CC3=O)(C2)C1. The van der Waals surface area contributed by atoms with Crippen LogP contribution in [0.1, 0.15) is 103 Å². The normalized spacial score (nSPS) is 24.1. The first-order valence-electron chi connectivity index (χ1n) is 33.1. The number of aliphatic hydroxyl groups excluding tert-OH is 3. The highest BCUT2D eigenvalue weighted by molar-refractivity contribution is 7.85. The molecule has 32 heteroatoms. The molecule has 3 aromatic carbocycles. The molecular formula is C69H81N9O21S2. The number of aliphatic carboxylic acids is 1. The van der Waals surface area contributed by atoms with Gasteiger partial charge in [-0.15, -0.1) is 0 Å². The number of fused-ring (bicyclic) bond motifs is 4. The van der Waals surface area contributed by atoms with E-state index in [2.05, 4.69) is 36.4 Å². The lowest BCUT2D eigenvalue weighted by Gasteiger charge is -2.58. The maximum Gasteiger partial charge on any atom is 0.410 e. The molecule has 2 aliphatic carbocycles. The number of carbonyl (C=O) groups excluding carboxylic acids is 5. The summed E-state index contributed by atoms with van der Waals surface area (Å²) in [4.78, 5) is 102. The van der Waals surface area contributed by atoms with E-state index in [1.807, 2.05) is 52.9 Å². The number of hydrogen-bond donors (Lipinski definition) is 8. The maximum absolute atomic E-state index is 14.2. The van der Waals surface area contributed by atoms with Crippen molar-refractivity contribution in [2.45, 2.75) is 129 Å². The van der Waals surface area contributed by atoms with Gasteiger partial charge in [0, 0.05) is 98.4 Å². The number of hydrogen-bond acceptors (Lipinski definition) is 23. The molecule has 30 nitrogen and oxygen atoms in total. The number of imide groups is 1. The molecule has 0 radical (unpaired) electrons. The van der Waals surface area contributed by atoms with Crippen molar-refractivity contribution in [2.24, 2.45) is 16.7 Å². The van der Waals surface area contributed by atoms with Crippen LogP contribution < -0.4 is 25.0 Å². The molecule has 3 aliphatic heterocycles. The van der Waals surface area contributed by atoms with Crippen LogP contribution in [-0.4, -0.2) is 211 Å². The largest absolute Gasteiger partial charge is 0.491 e. The van der Waals surface area contributed by atoms with Crippen LogP contribution in [0, 0.1) is 23.7 Å². The highest BCUT2D eigenvalue weighted by Gasteiger charge is 2.56. The van der Waals surface area contributed by atoms with E-state index in [4.69, 9.17) is 38.5 Å². The zero-order valence-electron chi connectivity index (χ0n) is 56.0. The zero-order chi connectivity index (χ0) is 72.1. The Labute approximate surface area is 584 Å². The van der Waals surface area contributed by atoms with Gasteiger partial charge in [0.2, 0.25) is 12.2 Å². The molecule has 5 aliphatic rings. The molecule has 101 heavy (non-hydrogen) atoms. The van der Waals surface area contributed by atoms with Crippen LogP contribution in [0.3, 0.4) is 0 Å². The Kier molecular flexibility index (Phi) is 22.3. The van der Waals surface area contributed by atoms with Gasteiger partial charge in [0.15, 0.2) is 16.9 Å². The molecule has 6 aromatic rings. The molecule has 3 aromatic heterocycles. The number of carboxylic acids is 2. The quantitative estimate of drug-likeness (QED) is 0.0166. The number of carbonyl (C=O) groups is 7. The highest BCUT2D eigenvalue weighted by atomic mass is 32.2. The number of amides is 5. The Hall–Kier alpha value is -8.99. The van der Waals surface area contributed by atoms with E-state index in [-0.39, 0.29) is 92.5 Å². The molecule has 2 saturated carbocycles.